The van der Waals surface area contributed by atoms with E-state index in [2.05, 4.69) is 10.6 Å². The van der Waals surface area contributed by atoms with Gasteiger partial charge in [0.1, 0.15) is 0 Å². The Labute approximate surface area is 177 Å². The van der Waals surface area contributed by atoms with Gasteiger partial charge in [0, 0.05) is 34.3 Å². The molecule has 7 heteroatoms. The molecular weight excluding hydrogens is 412 g/mol. The molecule has 28 heavy (non-hydrogen) atoms. The van der Waals surface area contributed by atoms with Crippen LogP contribution in [0.1, 0.15) is 25.6 Å². The zero-order valence-corrected chi connectivity index (χ0v) is 17.4. The fourth-order valence-electron chi connectivity index (χ4n) is 2.42. The van der Waals surface area contributed by atoms with E-state index >= 15 is 0 Å². The number of hydrogen-bond acceptors (Lipinski definition) is 4. The van der Waals surface area contributed by atoms with Gasteiger partial charge in [0.25, 0.3) is 11.8 Å². The second-order valence-electron chi connectivity index (χ2n) is 5.92. The summed E-state index contributed by atoms with van der Waals surface area (Å²) in [6, 6.07) is 18.5. The minimum atomic E-state index is -0.106. The summed E-state index contributed by atoms with van der Waals surface area (Å²) in [4.78, 5) is 26.0. The zero-order chi connectivity index (χ0) is 19.8. The summed E-state index contributed by atoms with van der Waals surface area (Å²) in [6.07, 6.45) is 0. The third-order valence-electron chi connectivity index (χ3n) is 3.88. The van der Waals surface area contributed by atoms with Gasteiger partial charge in [-0.2, -0.15) is 0 Å². The van der Waals surface area contributed by atoms with Crippen LogP contribution in [0.5, 0.6) is 0 Å². The molecule has 0 aliphatic heterocycles. The Morgan fingerprint density at radius 3 is 2.36 bits per heavy atom. The van der Waals surface area contributed by atoms with Gasteiger partial charge in [0.2, 0.25) is 0 Å². The van der Waals surface area contributed by atoms with E-state index in [1.165, 1.54) is 11.3 Å². The number of benzene rings is 2. The highest BCUT2D eigenvalue weighted by Gasteiger charge is 2.07. The summed E-state index contributed by atoms with van der Waals surface area (Å²) in [5.41, 5.74) is 1.55. The van der Waals surface area contributed by atoms with E-state index in [4.69, 9.17) is 11.6 Å². The van der Waals surface area contributed by atoms with Gasteiger partial charge >= 0.3 is 0 Å². The first-order valence-electron chi connectivity index (χ1n) is 8.69. The highest BCUT2D eigenvalue weighted by atomic mass is 35.5. The van der Waals surface area contributed by atoms with Crippen LogP contribution in [-0.4, -0.2) is 24.1 Å². The van der Waals surface area contributed by atoms with Crippen molar-refractivity contribution in [2.45, 2.75) is 11.4 Å². The van der Waals surface area contributed by atoms with Crippen LogP contribution in [0.15, 0.2) is 70.9 Å². The molecule has 4 nitrogen and oxygen atoms in total. The SMILES string of the molecule is O=C(NCCSc1ccc(Cl)cc1)c1ccc(CNC(=O)c2cccs2)cc1. The van der Waals surface area contributed by atoms with Crippen LogP contribution in [0.3, 0.4) is 0 Å². The molecule has 0 radical (unpaired) electrons. The molecule has 0 saturated heterocycles. The molecule has 144 valence electrons. The average molecular weight is 431 g/mol. The van der Waals surface area contributed by atoms with E-state index in [1.807, 2.05) is 47.8 Å². The Bertz CT molecular complexity index is 911. The maximum absolute atomic E-state index is 12.2. The minimum absolute atomic E-state index is 0.0880. The van der Waals surface area contributed by atoms with Gasteiger partial charge in [-0.05, 0) is 53.4 Å². The molecular formula is C21H19ClN2O2S2. The summed E-state index contributed by atoms with van der Waals surface area (Å²) >= 11 is 8.94. The van der Waals surface area contributed by atoms with Gasteiger partial charge in [-0.25, -0.2) is 0 Å². The summed E-state index contributed by atoms with van der Waals surface area (Å²) in [5.74, 6) is 0.584. The van der Waals surface area contributed by atoms with Crippen molar-refractivity contribution >= 4 is 46.5 Å². The van der Waals surface area contributed by atoms with Gasteiger partial charge in [-0.1, -0.05) is 29.8 Å². The van der Waals surface area contributed by atoms with Crippen LogP contribution in [0.2, 0.25) is 5.02 Å². The quantitative estimate of drug-likeness (QED) is 0.396. The zero-order valence-electron chi connectivity index (χ0n) is 15.0. The molecule has 2 aromatic carbocycles. The summed E-state index contributed by atoms with van der Waals surface area (Å²) < 4.78 is 0. The van der Waals surface area contributed by atoms with Crippen LogP contribution in [0.4, 0.5) is 0 Å². The lowest BCUT2D eigenvalue weighted by molar-refractivity contribution is 0.0946. The van der Waals surface area contributed by atoms with Gasteiger partial charge in [0.05, 0.1) is 4.88 Å². The number of rotatable bonds is 8. The monoisotopic (exact) mass is 430 g/mol. The lowest BCUT2D eigenvalue weighted by Crippen LogP contribution is -2.26. The molecule has 0 aliphatic rings. The number of carbonyl (C=O) groups is 2. The van der Waals surface area contributed by atoms with E-state index < -0.39 is 0 Å². The van der Waals surface area contributed by atoms with Crippen molar-refractivity contribution in [3.8, 4) is 0 Å². The highest BCUT2D eigenvalue weighted by molar-refractivity contribution is 7.99. The number of thiophene rings is 1. The van der Waals surface area contributed by atoms with Crippen molar-refractivity contribution in [2.24, 2.45) is 0 Å². The molecule has 0 fully saturated rings. The van der Waals surface area contributed by atoms with E-state index in [0.29, 0.717) is 28.6 Å². The van der Waals surface area contributed by atoms with E-state index in [0.717, 1.165) is 16.2 Å². The first kappa shape index (κ1) is 20.5. The van der Waals surface area contributed by atoms with Gasteiger partial charge in [-0.3, -0.25) is 9.59 Å². The topological polar surface area (TPSA) is 58.2 Å². The Kier molecular flexibility index (Phi) is 7.54. The maximum Gasteiger partial charge on any atom is 0.261 e. The third-order valence-corrected chi connectivity index (χ3v) is 6.02. The first-order valence-corrected chi connectivity index (χ1v) is 10.9. The predicted molar refractivity (Wildman–Crippen MR) is 116 cm³/mol. The predicted octanol–water partition coefficient (Wildman–Crippen LogP) is 4.85. The normalized spacial score (nSPS) is 10.5. The molecule has 0 bridgehead atoms. The summed E-state index contributed by atoms with van der Waals surface area (Å²) in [5, 5.41) is 8.37. The lowest BCUT2D eigenvalue weighted by Gasteiger charge is -2.07. The average Bonchev–Trinajstić information content (AvgIpc) is 3.26. The Balaban J connectivity index is 1.40. The Morgan fingerprint density at radius 1 is 0.929 bits per heavy atom. The molecule has 1 aromatic heterocycles. The molecule has 1 heterocycles. The summed E-state index contributed by atoms with van der Waals surface area (Å²) in [6.45, 7) is 1.00. The van der Waals surface area contributed by atoms with Crippen molar-refractivity contribution in [2.75, 3.05) is 12.3 Å². The van der Waals surface area contributed by atoms with Crippen molar-refractivity contribution in [3.63, 3.8) is 0 Å². The van der Waals surface area contributed by atoms with Crippen molar-refractivity contribution in [3.05, 3.63) is 87.1 Å². The maximum atomic E-state index is 12.2. The fourth-order valence-corrected chi connectivity index (χ4v) is 3.95. The molecule has 0 atom stereocenters. The molecule has 0 unspecified atom stereocenters. The second kappa shape index (κ2) is 10.3. The lowest BCUT2D eigenvalue weighted by atomic mass is 10.1. The van der Waals surface area contributed by atoms with Crippen LogP contribution < -0.4 is 10.6 Å². The third kappa shape index (κ3) is 6.12. The van der Waals surface area contributed by atoms with Crippen molar-refractivity contribution in [1.82, 2.24) is 10.6 Å². The van der Waals surface area contributed by atoms with E-state index in [1.54, 1.807) is 30.0 Å². The van der Waals surface area contributed by atoms with Gasteiger partial charge in [0.15, 0.2) is 0 Å². The number of amides is 2. The number of halogens is 1. The molecule has 2 N–H and O–H groups in total. The molecule has 3 aromatic rings. The first-order chi connectivity index (χ1) is 13.6. The second-order valence-corrected chi connectivity index (χ2v) is 8.47. The Hall–Kier alpha value is -2.28. The molecule has 3 rings (SSSR count). The molecule has 0 saturated carbocycles. The standard InChI is InChI=1S/C21H19ClN2O2S2/c22-17-7-9-18(10-8-17)27-13-11-23-20(25)16-5-3-15(4-6-16)14-24-21(26)19-2-1-12-28-19/h1-10,12H,11,13-14H2,(H,23,25)(H,24,26). The van der Waals surface area contributed by atoms with Crippen LogP contribution >= 0.6 is 34.7 Å². The number of carbonyl (C=O) groups excluding carboxylic acids is 2. The van der Waals surface area contributed by atoms with Crippen LogP contribution in [0, 0.1) is 0 Å². The largest absolute Gasteiger partial charge is 0.351 e. The van der Waals surface area contributed by atoms with Crippen LogP contribution in [-0.2, 0) is 6.54 Å². The highest BCUT2D eigenvalue weighted by Crippen LogP contribution is 2.19. The van der Waals surface area contributed by atoms with Gasteiger partial charge in [-0.15, -0.1) is 23.1 Å². The fraction of sp³-hybridized carbons (Fsp3) is 0.143. The number of nitrogens with one attached hydrogen (secondary N) is 2. The smallest absolute Gasteiger partial charge is 0.261 e. The van der Waals surface area contributed by atoms with Crippen LogP contribution in [0.25, 0.3) is 0 Å². The minimum Gasteiger partial charge on any atom is -0.351 e. The molecule has 0 spiro atoms. The molecule has 2 amide bonds. The van der Waals surface area contributed by atoms with E-state index in [9.17, 15) is 9.59 Å². The Morgan fingerprint density at radius 2 is 1.68 bits per heavy atom. The van der Waals surface area contributed by atoms with Crippen molar-refractivity contribution < 1.29 is 9.59 Å². The summed E-state index contributed by atoms with van der Waals surface area (Å²) in [7, 11) is 0. The number of hydrogen-bond donors (Lipinski definition) is 2. The number of thioether (sulfide) groups is 1. The molecule has 0 aliphatic carbocycles. The van der Waals surface area contributed by atoms with E-state index in [-0.39, 0.29) is 11.8 Å². The van der Waals surface area contributed by atoms with Gasteiger partial charge < -0.3 is 10.6 Å². The van der Waals surface area contributed by atoms with Crippen molar-refractivity contribution in [1.29, 1.82) is 0 Å².